The first-order valence-electron chi connectivity index (χ1n) is 7.82. The summed E-state index contributed by atoms with van der Waals surface area (Å²) < 4.78 is 0. The fraction of sp³-hybridized carbons (Fsp3) is 0.941. The average molecular weight is 267 g/mol. The number of carbonyl (C=O) groups is 1. The Morgan fingerprint density at radius 2 is 1.47 bits per heavy atom. The molecule has 0 aromatic heterocycles. The normalized spacial score (nSPS) is 20.6. The number of ketones is 1. The lowest BCUT2D eigenvalue weighted by Crippen LogP contribution is -2.55. The van der Waals surface area contributed by atoms with Crippen molar-refractivity contribution in [3.63, 3.8) is 0 Å². The number of hydrogen-bond acceptors (Lipinski definition) is 2. The lowest BCUT2D eigenvalue weighted by Gasteiger charge is -2.44. The maximum atomic E-state index is 12.9. The highest BCUT2D eigenvalue weighted by Crippen LogP contribution is 2.35. The summed E-state index contributed by atoms with van der Waals surface area (Å²) in [5.41, 5.74) is -0.204. The third kappa shape index (κ3) is 4.30. The Labute approximate surface area is 119 Å². The standard InChI is InChI=1S/C17H33NO/c1-16(2,3)15(19)14(18(7)17(4,5)6)13-11-9-8-10-12-13/h13-14H,8-12H2,1-7H3/t14-/m0/s1. The SMILES string of the molecule is CN([C@H](C(=O)C(C)(C)C)C1CCCCC1)C(C)(C)C. The molecule has 0 heterocycles. The maximum absolute atomic E-state index is 12.9. The molecule has 0 unspecified atom stereocenters. The van der Waals surface area contributed by atoms with Gasteiger partial charge in [-0.05, 0) is 46.6 Å². The van der Waals surface area contributed by atoms with Gasteiger partial charge in [-0.1, -0.05) is 40.0 Å². The first-order chi connectivity index (χ1) is 8.55. The molecule has 0 spiro atoms. The molecule has 1 aliphatic rings. The van der Waals surface area contributed by atoms with Crippen LogP contribution in [0.15, 0.2) is 0 Å². The molecule has 1 rings (SSSR count). The first-order valence-corrected chi connectivity index (χ1v) is 7.82. The van der Waals surface area contributed by atoms with E-state index in [0.717, 1.165) is 0 Å². The highest BCUT2D eigenvalue weighted by molar-refractivity contribution is 5.89. The summed E-state index contributed by atoms with van der Waals surface area (Å²) in [4.78, 5) is 15.2. The van der Waals surface area contributed by atoms with Crippen molar-refractivity contribution >= 4 is 5.78 Å². The molecular formula is C17H33NO. The van der Waals surface area contributed by atoms with Crippen molar-refractivity contribution < 1.29 is 4.79 Å². The summed E-state index contributed by atoms with van der Waals surface area (Å²) in [6.07, 6.45) is 6.35. The fourth-order valence-corrected chi connectivity index (χ4v) is 3.02. The van der Waals surface area contributed by atoms with Gasteiger partial charge in [-0.25, -0.2) is 0 Å². The number of Topliss-reactive ketones (excluding diaryl/α,β-unsaturated/α-hetero) is 1. The van der Waals surface area contributed by atoms with E-state index in [0.29, 0.717) is 11.7 Å². The van der Waals surface area contributed by atoms with Crippen LogP contribution in [0.1, 0.15) is 73.6 Å². The quantitative estimate of drug-likeness (QED) is 0.760. The molecule has 1 fully saturated rings. The summed E-state index contributed by atoms with van der Waals surface area (Å²) in [5, 5.41) is 0. The van der Waals surface area contributed by atoms with E-state index in [1.807, 2.05) is 0 Å². The van der Waals surface area contributed by atoms with Crippen LogP contribution < -0.4 is 0 Å². The summed E-state index contributed by atoms with van der Waals surface area (Å²) in [6.45, 7) is 12.8. The molecule has 0 radical (unpaired) electrons. The van der Waals surface area contributed by atoms with Crippen LogP contribution in [0.2, 0.25) is 0 Å². The lowest BCUT2D eigenvalue weighted by atomic mass is 9.74. The van der Waals surface area contributed by atoms with E-state index in [2.05, 4.69) is 53.5 Å². The highest BCUT2D eigenvalue weighted by atomic mass is 16.1. The summed E-state index contributed by atoms with van der Waals surface area (Å²) >= 11 is 0. The van der Waals surface area contributed by atoms with Crippen LogP contribution in [0.4, 0.5) is 0 Å². The second-order valence-electron chi connectivity index (χ2n) is 8.24. The van der Waals surface area contributed by atoms with Gasteiger partial charge in [0.05, 0.1) is 6.04 Å². The smallest absolute Gasteiger partial charge is 0.155 e. The Balaban J connectivity index is 2.99. The van der Waals surface area contributed by atoms with Gasteiger partial charge in [0, 0.05) is 11.0 Å². The molecule has 0 aromatic carbocycles. The van der Waals surface area contributed by atoms with Crippen molar-refractivity contribution in [2.75, 3.05) is 7.05 Å². The molecule has 19 heavy (non-hydrogen) atoms. The molecular weight excluding hydrogens is 234 g/mol. The highest BCUT2D eigenvalue weighted by Gasteiger charge is 2.40. The number of nitrogens with zero attached hydrogens (tertiary/aromatic N) is 1. The predicted molar refractivity (Wildman–Crippen MR) is 82.3 cm³/mol. The lowest BCUT2D eigenvalue weighted by molar-refractivity contribution is -0.136. The summed E-state index contributed by atoms with van der Waals surface area (Å²) in [6, 6.07) is 0.0836. The molecule has 0 saturated heterocycles. The second kappa shape index (κ2) is 5.95. The Kier molecular flexibility index (Phi) is 5.22. The first kappa shape index (κ1) is 16.7. The molecule has 2 nitrogen and oxygen atoms in total. The second-order valence-corrected chi connectivity index (χ2v) is 8.24. The minimum absolute atomic E-state index is 0.0447. The van der Waals surface area contributed by atoms with Crippen LogP contribution in [0.3, 0.4) is 0 Å². The molecule has 1 aliphatic carbocycles. The van der Waals surface area contributed by atoms with Gasteiger partial charge in [0.1, 0.15) is 0 Å². The van der Waals surface area contributed by atoms with Crippen LogP contribution in [-0.4, -0.2) is 29.3 Å². The van der Waals surface area contributed by atoms with E-state index in [4.69, 9.17) is 0 Å². The zero-order chi connectivity index (χ0) is 14.8. The fourth-order valence-electron chi connectivity index (χ4n) is 3.02. The third-order valence-corrected chi connectivity index (χ3v) is 4.58. The van der Waals surface area contributed by atoms with Gasteiger partial charge >= 0.3 is 0 Å². The van der Waals surface area contributed by atoms with E-state index in [1.165, 1.54) is 32.1 Å². The van der Waals surface area contributed by atoms with Gasteiger partial charge in [-0.2, -0.15) is 0 Å². The Morgan fingerprint density at radius 1 is 1.00 bits per heavy atom. The zero-order valence-electron chi connectivity index (χ0n) is 14.0. The minimum Gasteiger partial charge on any atom is -0.297 e. The van der Waals surface area contributed by atoms with Crippen molar-refractivity contribution in [3.05, 3.63) is 0 Å². The molecule has 0 bridgehead atoms. The van der Waals surface area contributed by atoms with Crippen molar-refractivity contribution in [2.45, 2.75) is 85.2 Å². The van der Waals surface area contributed by atoms with Gasteiger partial charge in [0.2, 0.25) is 0 Å². The molecule has 112 valence electrons. The van der Waals surface area contributed by atoms with Crippen LogP contribution in [0.5, 0.6) is 0 Å². The maximum Gasteiger partial charge on any atom is 0.155 e. The number of likely N-dealkylation sites (N-methyl/N-ethyl adjacent to an activating group) is 1. The Bertz CT molecular complexity index is 302. The van der Waals surface area contributed by atoms with Crippen molar-refractivity contribution in [2.24, 2.45) is 11.3 Å². The average Bonchev–Trinajstić information content (AvgIpc) is 2.28. The molecule has 0 aromatic rings. The van der Waals surface area contributed by atoms with Gasteiger partial charge in [0.25, 0.3) is 0 Å². The Morgan fingerprint density at radius 3 is 1.84 bits per heavy atom. The van der Waals surface area contributed by atoms with Crippen molar-refractivity contribution in [1.29, 1.82) is 0 Å². The molecule has 1 atom stereocenters. The van der Waals surface area contributed by atoms with E-state index >= 15 is 0 Å². The van der Waals surface area contributed by atoms with E-state index in [9.17, 15) is 4.79 Å². The monoisotopic (exact) mass is 267 g/mol. The molecule has 0 aliphatic heterocycles. The van der Waals surface area contributed by atoms with Crippen LogP contribution in [0, 0.1) is 11.3 Å². The third-order valence-electron chi connectivity index (χ3n) is 4.58. The summed E-state index contributed by atoms with van der Waals surface area (Å²) in [7, 11) is 2.13. The van der Waals surface area contributed by atoms with Crippen molar-refractivity contribution in [1.82, 2.24) is 4.90 Å². The van der Waals surface area contributed by atoms with Gasteiger partial charge in [-0.3, -0.25) is 9.69 Å². The van der Waals surface area contributed by atoms with Crippen molar-refractivity contribution in [3.8, 4) is 0 Å². The minimum atomic E-state index is -0.248. The van der Waals surface area contributed by atoms with Crippen LogP contribution >= 0.6 is 0 Å². The Hall–Kier alpha value is -0.370. The zero-order valence-corrected chi connectivity index (χ0v) is 14.0. The summed E-state index contributed by atoms with van der Waals surface area (Å²) in [5.74, 6) is 0.960. The van der Waals surface area contributed by atoms with Gasteiger partial charge in [0.15, 0.2) is 5.78 Å². The molecule has 0 N–H and O–H groups in total. The number of hydrogen-bond donors (Lipinski definition) is 0. The topological polar surface area (TPSA) is 20.3 Å². The molecule has 1 saturated carbocycles. The largest absolute Gasteiger partial charge is 0.297 e. The van der Waals surface area contributed by atoms with Gasteiger partial charge in [-0.15, -0.1) is 0 Å². The van der Waals surface area contributed by atoms with Crippen LogP contribution in [0.25, 0.3) is 0 Å². The molecule has 0 amide bonds. The molecule has 2 heteroatoms. The van der Waals surface area contributed by atoms with E-state index in [-0.39, 0.29) is 17.0 Å². The van der Waals surface area contributed by atoms with E-state index in [1.54, 1.807) is 0 Å². The number of rotatable bonds is 3. The number of carbonyl (C=O) groups excluding carboxylic acids is 1. The van der Waals surface area contributed by atoms with Gasteiger partial charge < -0.3 is 0 Å². The van der Waals surface area contributed by atoms with E-state index < -0.39 is 0 Å². The van der Waals surface area contributed by atoms with Crippen LogP contribution in [-0.2, 0) is 4.79 Å². The predicted octanol–water partition coefficient (Wildman–Crippen LogP) is 4.28.